The highest BCUT2D eigenvalue weighted by Crippen LogP contribution is 2.34. The lowest BCUT2D eigenvalue weighted by Crippen LogP contribution is -2.51. The molecule has 2 heterocycles. The molecule has 0 saturated carbocycles. The molecular formula is C27H35ClN2O3. The maximum Gasteiger partial charge on any atom is 0.253 e. The van der Waals surface area contributed by atoms with Crippen LogP contribution in [-0.2, 0) is 29.0 Å². The molecule has 0 N–H and O–H groups in total. The molecule has 0 aliphatic carbocycles. The van der Waals surface area contributed by atoms with Crippen molar-refractivity contribution in [1.82, 2.24) is 9.80 Å². The van der Waals surface area contributed by atoms with Crippen LogP contribution < -0.4 is 4.74 Å². The van der Waals surface area contributed by atoms with Gasteiger partial charge in [0.1, 0.15) is 11.9 Å². The summed E-state index contributed by atoms with van der Waals surface area (Å²) in [5.74, 6) is 1.23. The number of morpholine rings is 1. The molecule has 2 aromatic carbocycles. The van der Waals surface area contributed by atoms with Crippen molar-refractivity contribution in [3.8, 4) is 5.75 Å². The monoisotopic (exact) mass is 470 g/mol. The first kappa shape index (κ1) is 24.1. The first-order chi connectivity index (χ1) is 16.0. The molecule has 1 amide bonds. The summed E-state index contributed by atoms with van der Waals surface area (Å²) in [6.45, 7) is 9.06. The third kappa shape index (κ3) is 6.50. The summed E-state index contributed by atoms with van der Waals surface area (Å²) in [5.41, 5.74) is 3.46. The number of amides is 1. The number of aryl methyl sites for hydroxylation is 1. The highest BCUT2D eigenvalue weighted by atomic mass is 35.5. The van der Waals surface area contributed by atoms with Crippen molar-refractivity contribution in [3.05, 3.63) is 64.2 Å². The van der Waals surface area contributed by atoms with Crippen LogP contribution in [0.1, 0.15) is 43.4 Å². The Morgan fingerprint density at radius 1 is 1.15 bits per heavy atom. The van der Waals surface area contributed by atoms with Crippen molar-refractivity contribution in [2.45, 2.75) is 52.3 Å². The normalized spacial score (nSPS) is 19.0. The molecule has 0 bridgehead atoms. The maximum atomic E-state index is 13.6. The number of hydrogen-bond acceptors (Lipinski definition) is 4. The number of fused-ring (bicyclic) bond motifs is 1. The quantitative estimate of drug-likeness (QED) is 0.574. The molecule has 178 valence electrons. The van der Waals surface area contributed by atoms with Crippen molar-refractivity contribution >= 4 is 17.5 Å². The van der Waals surface area contributed by atoms with E-state index in [0.29, 0.717) is 43.8 Å². The third-order valence-electron chi connectivity index (χ3n) is 6.21. The molecule has 2 aliphatic heterocycles. The minimum Gasteiger partial charge on any atom is -0.492 e. The van der Waals surface area contributed by atoms with Crippen molar-refractivity contribution in [2.75, 3.05) is 32.8 Å². The molecule has 2 aliphatic rings. The van der Waals surface area contributed by atoms with E-state index in [1.807, 2.05) is 17.0 Å². The summed E-state index contributed by atoms with van der Waals surface area (Å²) >= 11 is 6.57. The number of halogens is 1. The molecule has 4 rings (SSSR count). The molecular weight excluding hydrogens is 436 g/mol. The SMILES string of the molecule is CC(C)CN(Cc1cc(Cl)c2c(c1)CCCCO2)C(=O)[C@H]1CN(Cc2ccccc2)CCO1. The summed E-state index contributed by atoms with van der Waals surface area (Å²) in [5, 5.41) is 0.643. The second kappa shape index (κ2) is 11.4. The zero-order chi connectivity index (χ0) is 23.2. The highest BCUT2D eigenvalue weighted by molar-refractivity contribution is 6.32. The molecule has 1 atom stereocenters. The van der Waals surface area contributed by atoms with Crippen LogP contribution >= 0.6 is 11.6 Å². The van der Waals surface area contributed by atoms with Crippen LogP contribution in [0, 0.1) is 5.92 Å². The average molecular weight is 471 g/mol. The summed E-state index contributed by atoms with van der Waals surface area (Å²) in [6, 6.07) is 14.5. The van der Waals surface area contributed by atoms with E-state index in [-0.39, 0.29) is 5.91 Å². The largest absolute Gasteiger partial charge is 0.492 e. The van der Waals surface area contributed by atoms with Gasteiger partial charge < -0.3 is 14.4 Å². The van der Waals surface area contributed by atoms with Crippen LogP contribution in [0.3, 0.4) is 0 Å². The van der Waals surface area contributed by atoms with E-state index in [2.05, 4.69) is 49.1 Å². The number of ether oxygens (including phenoxy) is 2. The lowest BCUT2D eigenvalue weighted by Gasteiger charge is -2.35. The summed E-state index contributed by atoms with van der Waals surface area (Å²) in [6.07, 6.45) is 2.65. The number of hydrogen-bond donors (Lipinski definition) is 0. The highest BCUT2D eigenvalue weighted by Gasteiger charge is 2.31. The van der Waals surface area contributed by atoms with Gasteiger partial charge in [-0.2, -0.15) is 0 Å². The second-order valence-electron chi connectivity index (χ2n) is 9.56. The van der Waals surface area contributed by atoms with Crippen molar-refractivity contribution < 1.29 is 14.3 Å². The van der Waals surface area contributed by atoms with Gasteiger partial charge in [-0.3, -0.25) is 9.69 Å². The Morgan fingerprint density at radius 2 is 1.97 bits per heavy atom. The van der Waals surface area contributed by atoms with Gasteiger partial charge in [-0.05, 0) is 47.9 Å². The second-order valence-corrected chi connectivity index (χ2v) is 9.97. The number of benzene rings is 2. The van der Waals surface area contributed by atoms with E-state index >= 15 is 0 Å². The Balaban J connectivity index is 1.47. The standard InChI is InChI=1S/C27H35ClN2O3/c1-20(2)16-30(18-22-14-23-10-6-7-12-33-26(23)24(28)15-22)27(31)25-19-29(11-13-32-25)17-21-8-4-3-5-9-21/h3-5,8-9,14-15,20,25H,6-7,10-13,16-19H2,1-2H3/t25-/m1/s1. The molecule has 0 aromatic heterocycles. The van der Waals surface area contributed by atoms with Crippen LogP contribution in [0.5, 0.6) is 5.75 Å². The minimum absolute atomic E-state index is 0.0591. The topological polar surface area (TPSA) is 42.0 Å². The van der Waals surface area contributed by atoms with Crippen LogP contribution in [0.15, 0.2) is 42.5 Å². The van der Waals surface area contributed by atoms with E-state index in [1.165, 1.54) is 5.56 Å². The average Bonchev–Trinajstić information content (AvgIpc) is 3.05. The van der Waals surface area contributed by atoms with E-state index in [1.54, 1.807) is 0 Å². The van der Waals surface area contributed by atoms with Crippen LogP contribution in [0.4, 0.5) is 0 Å². The summed E-state index contributed by atoms with van der Waals surface area (Å²) in [4.78, 5) is 17.8. The summed E-state index contributed by atoms with van der Waals surface area (Å²) < 4.78 is 11.8. The van der Waals surface area contributed by atoms with Gasteiger partial charge in [0, 0.05) is 32.7 Å². The number of nitrogens with zero attached hydrogens (tertiary/aromatic N) is 2. The Kier molecular flexibility index (Phi) is 8.29. The zero-order valence-electron chi connectivity index (χ0n) is 19.8. The lowest BCUT2D eigenvalue weighted by atomic mass is 10.0. The maximum absolute atomic E-state index is 13.6. The van der Waals surface area contributed by atoms with Crippen LogP contribution in [0.25, 0.3) is 0 Å². The molecule has 33 heavy (non-hydrogen) atoms. The predicted molar refractivity (Wildman–Crippen MR) is 132 cm³/mol. The molecule has 1 fully saturated rings. The Morgan fingerprint density at radius 3 is 2.76 bits per heavy atom. The lowest BCUT2D eigenvalue weighted by molar-refractivity contribution is -0.151. The molecule has 0 spiro atoms. The molecule has 0 unspecified atom stereocenters. The Labute approximate surface area is 202 Å². The van der Waals surface area contributed by atoms with Gasteiger partial charge in [0.15, 0.2) is 0 Å². The van der Waals surface area contributed by atoms with E-state index in [9.17, 15) is 4.79 Å². The molecule has 1 saturated heterocycles. The van der Waals surface area contributed by atoms with Gasteiger partial charge in [0.05, 0.1) is 18.2 Å². The predicted octanol–water partition coefficient (Wildman–Crippen LogP) is 4.94. The molecule has 6 heteroatoms. The van der Waals surface area contributed by atoms with Gasteiger partial charge >= 0.3 is 0 Å². The van der Waals surface area contributed by atoms with Crippen LogP contribution in [-0.4, -0.2) is 54.7 Å². The van der Waals surface area contributed by atoms with Crippen LogP contribution in [0.2, 0.25) is 5.02 Å². The third-order valence-corrected chi connectivity index (χ3v) is 6.49. The summed E-state index contributed by atoms with van der Waals surface area (Å²) in [7, 11) is 0. The van der Waals surface area contributed by atoms with E-state index in [0.717, 1.165) is 49.2 Å². The molecule has 5 nitrogen and oxygen atoms in total. The van der Waals surface area contributed by atoms with Gasteiger partial charge in [0.25, 0.3) is 5.91 Å². The molecule has 2 aromatic rings. The first-order valence-electron chi connectivity index (χ1n) is 12.1. The first-order valence-corrected chi connectivity index (χ1v) is 12.5. The van der Waals surface area contributed by atoms with E-state index < -0.39 is 6.10 Å². The Hall–Kier alpha value is -2.08. The van der Waals surface area contributed by atoms with Gasteiger partial charge in [0.2, 0.25) is 0 Å². The number of rotatable bonds is 7. The van der Waals surface area contributed by atoms with E-state index in [4.69, 9.17) is 21.1 Å². The fourth-order valence-corrected chi connectivity index (χ4v) is 4.99. The number of carbonyl (C=O) groups excluding carboxylic acids is 1. The van der Waals surface area contributed by atoms with Gasteiger partial charge in [-0.15, -0.1) is 0 Å². The zero-order valence-corrected chi connectivity index (χ0v) is 20.5. The van der Waals surface area contributed by atoms with Gasteiger partial charge in [-0.25, -0.2) is 0 Å². The minimum atomic E-state index is -0.444. The fourth-order valence-electron chi connectivity index (χ4n) is 4.68. The molecule has 0 radical (unpaired) electrons. The number of carbonyl (C=O) groups is 1. The van der Waals surface area contributed by atoms with Crippen molar-refractivity contribution in [1.29, 1.82) is 0 Å². The van der Waals surface area contributed by atoms with Gasteiger partial charge in [-0.1, -0.05) is 61.8 Å². The fraction of sp³-hybridized carbons (Fsp3) is 0.519. The smallest absolute Gasteiger partial charge is 0.253 e. The van der Waals surface area contributed by atoms with Crippen molar-refractivity contribution in [3.63, 3.8) is 0 Å². The Bertz CT molecular complexity index is 934. The van der Waals surface area contributed by atoms with Crippen molar-refractivity contribution in [2.24, 2.45) is 5.92 Å².